The van der Waals surface area contributed by atoms with E-state index in [1.165, 1.54) is 6.07 Å². The second kappa shape index (κ2) is 5.20. The number of rotatable bonds is 2. The Kier molecular flexibility index (Phi) is 3.86. The summed E-state index contributed by atoms with van der Waals surface area (Å²) in [5, 5.41) is 9.76. The standard InChI is InChI=1S/C11H13BrFNO3/c12-6-4-8-11(17-3-1-2-16-8)9(10(6)13)7(15)5-14/h4,7,15H,1-3,5,14H2. The minimum absolute atomic E-state index is 0.0544. The second-order valence-corrected chi connectivity index (χ2v) is 4.57. The van der Waals surface area contributed by atoms with Crippen molar-refractivity contribution in [1.29, 1.82) is 0 Å². The molecule has 0 aliphatic carbocycles. The van der Waals surface area contributed by atoms with Gasteiger partial charge in [-0.3, -0.25) is 0 Å². The van der Waals surface area contributed by atoms with Gasteiger partial charge in [-0.1, -0.05) is 0 Å². The molecule has 1 unspecified atom stereocenters. The highest BCUT2D eigenvalue weighted by Gasteiger charge is 2.25. The molecule has 2 rings (SSSR count). The van der Waals surface area contributed by atoms with Gasteiger partial charge in [-0.15, -0.1) is 0 Å². The van der Waals surface area contributed by atoms with Crippen LogP contribution in [0, 0.1) is 5.82 Å². The number of hydrogen-bond acceptors (Lipinski definition) is 4. The lowest BCUT2D eigenvalue weighted by Gasteiger charge is -2.17. The van der Waals surface area contributed by atoms with E-state index in [2.05, 4.69) is 15.9 Å². The molecule has 6 heteroatoms. The number of fused-ring (bicyclic) bond motifs is 1. The molecule has 1 heterocycles. The summed E-state index contributed by atoms with van der Waals surface area (Å²) in [4.78, 5) is 0. The first-order valence-electron chi connectivity index (χ1n) is 5.30. The zero-order valence-corrected chi connectivity index (χ0v) is 10.7. The third-order valence-corrected chi connectivity index (χ3v) is 3.10. The molecule has 1 aromatic carbocycles. The van der Waals surface area contributed by atoms with Crippen LogP contribution in [-0.2, 0) is 0 Å². The Morgan fingerprint density at radius 2 is 2.18 bits per heavy atom. The molecule has 0 spiro atoms. The van der Waals surface area contributed by atoms with Crippen LogP contribution >= 0.6 is 15.9 Å². The molecular weight excluding hydrogens is 293 g/mol. The van der Waals surface area contributed by atoms with Crippen LogP contribution in [0.4, 0.5) is 4.39 Å². The molecule has 0 aromatic heterocycles. The molecule has 4 nitrogen and oxygen atoms in total. The Morgan fingerprint density at radius 1 is 1.47 bits per heavy atom. The summed E-state index contributed by atoms with van der Waals surface area (Å²) in [5.41, 5.74) is 5.42. The summed E-state index contributed by atoms with van der Waals surface area (Å²) in [6.07, 6.45) is -0.394. The van der Waals surface area contributed by atoms with E-state index < -0.39 is 11.9 Å². The molecular formula is C11H13BrFNO3. The monoisotopic (exact) mass is 305 g/mol. The van der Waals surface area contributed by atoms with Crippen LogP contribution in [0.5, 0.6) is 11.5 Å². The fourth-order valence-corrected chi connectivity index (χ4v) is 2.11. The van der Waals surface area contributed by atoms with Gasteiger partial charge in [-0.2, -0.15) is 0 Å². The molecule has 0 saturated heterocycles. The largest absolute Gasteiger partial charge is 0.490 e. The van der Waals surface area contributed by atoms with Crippen molar-refractivity contribution < 1.29 is 19.0 Å². The van der Waals surface area contributed by atoms with Crippen molar-refractivity contribution in [2.45, 2.75) is 12.5 Å². The van der Waals surface area contributed by atoms with Gasteiger partial charge in [0.1, 0.15) is 5.82 Å². The summed E-state index contributed by atoms with van der Waals surface area (Å²) in [7, 11) is 0. The number of nitrogens with two attached hydrogens (primary N) is 1. The lowest BCUT2D eigenvalue weighted by Crippen LogP contribution is -2.15. The van der Waals surface area contributed by atoms with Gasteiger partial charge in [0.25, 0.3) is 0 Å². The van der Waals surface area contributed by atoms with Crippen molar-refractivity contribution in [1.82, 2.24) is 0 Å². The molecule has 0 amide bonds. The molecule has 17 heavy (non-hydrogen) atoms. The van der Waals surface area contributed by atoms with Gasteiger partial charge in [0.15, 0.2) is 11.5 Å². The van der Waals surface area contributed by atoms with Crippen LogP contribution in [-0.4, -0.2) is 24.9 Å². The summed E-state index contributed by atoms with van der Waals surface area (Å²) < 4.78 is 25.1. The van der Waals surface area contributed by atoms with Gasteiger partial charge in [-0.05, 0) is 15.9 Å². The third-order valence-electron chi connectivity index (χ3n) is 2.52. The molecule has 0 saturated carbocycles. The molecule has 1 aromatic rings. The van der Waals surface area contributed by atoms with Crippen molar-refractivity contribution in [2.24, 2.45) is 5.73 Å². The van der Waals surface area contributed by atoms with Crippen LogP contribution in [0.3, 0.4) is 0 Å². The Labute approximate surface area is 107 Å². The van der Waals surface area contributed by atoms with Gasteiger partial charge in [-0.25, -0.2) is 4.39 Å². The smallest absolute Gasteiger partial charge is 0.170 e. The van der Waals surface area contributed by atoms with Crippen LogP contribution in [0.25, 0.3) is 0 Å². The number of benzene rings is 1. The molecule has 0 bridgehead atoms. The number of aliphatic hydroxyl groups is 1. The van der Waals surface area contributed by atoms with E-state index >= 15 is 0 Å². The normalized spacial score (nSPS) is 16.5. The minimum Gasteiger partial charge on any atom is -0.490 e. The van der Waals surface area contributed by atoms with Crippen LogP contribution in [0.1, 0.15) is 18.1 Å². The van der Waals surface area contributed by atoms with Crippen molar-refractivity contribution in [3.63, 3.8) is 0 Å². The van der Waals surface area contributed by atoms with Gasteiger partial charge in [0, 0.05) is 19.0 Å². The Hall–Kier alpha value is -0.850. The first-order chi connectivity index (χ1) is 8.15. The maximum atomic E-state index is 14.0. The molecule has 1 atom stereocenters. The van der Waals surface area contributed by atoms with Gasteiger partial charge in [0.05, 0.1) is 29.4 Å². The van der Waals surface area contributed by atoms with Crippen LogP contribution in [0.2, 0.25) is 0 Å². The summed E-state index contributed by atoms with van der Waals surface area (Å²) in [5.74, 6) is 0.117. The molecule has 1 aliphatic rings. The Bertz CT molecular complexity index is 428. The summed E-state index contributed by atoms with van der Waals surface area (Å²) in [6.45, 7) is 0.852. The van der Waals surface area contributed by atoms with Crippen molar-refractivity contribution in [3.8, 4) is 11.5 Å². The SMILES string of the molecule is NCC(O)c1c(F)c(Br)cc2c1OCCCO2. The first-order valence-corrected chi connectivity index (χ1v) is 6.10. The first kappa shape index (κ1) is 12.6. The van der Waals surface area contributed by atoms with Crippen molar-refractivity contribution in [2.75, 3.05) is 19.8 Å². The number of halogens is 2. The van der Waals surface area contributed by atoms with Gasteiger partial charge >= 0.3 is 0 Å². The fourth-order valence-electron chi connectivity index (χ4n) is 1.69. The Balaban J connectivity index is 2.57. The van der Waals surface area contributed by atoms with E-state index in [0.717, 1.165) is 0 Å². The van der Waals surface area contributed by atoms with E-state index in [4.69, 9.17) is 15.2 Å². The number of ether oxygens (including phenoxy) is 2. The maximum Gasteiger partial charge on any atom is 0.170 e. The summed E-state index contributed by atoms with van der Waals surface area (Å²) in [6, 6.07) is 1.50. The lowest BCUT2D eigenvalue weighted by molar-refractivity contribution is 0.174. The average Bonchev–Trinajstić information content (AvgIpc) is 2.55. The molecule has 3 N–H and O–H groups in total. The summed E-state index contributed by atoms with van der Waals surface area (Å²) >= 11 is 3.09. The quantitative estimate of drug-likeness (QED) is 0.873. The topological polar surface area (TPSA) is 64.7 Å². The maximum absolute atomic E-state index is 14.0. The van der Waals surface area contributed by atoms with E-state index in [0.29, 0.717) is 25.4 Å². The number of hydrogen-bond donors (Lipinski definition) is 2. The highest BCUT2D eigenvalue weighted by atomic mass is 79.9. The third kappa shape index (κ3) is 2.38. The lowest BCUT2D eigenvalue weighted by atomic mass is 10.1. The predicted molar refractivity (Wildman–Crippen MR) is 63.7 cm³/mol. The Morgan fingerprint density at radius 3 is 2.88 bits per heavy atom. The zero-order valence-electron chi connectivity index (χ0n) is 9.08. The molecule has 1 aliphatic heterocycles. The van der Waals surface area contributed by atoms with Crippen molar-refractivity contribution in [3.05, 3.63) is 21.9 Å². The zero-order chi connectivity index (χ0) is 12.4. The fraction of sp³-hybridized carbons (Fsp3) is 0.455. The minimum atomic E-state index is -1.11. The molecule has 0 fully saturated rings. The number of aliphatic hydroxyl groups excluding tert-OH is 1. The van der Waals surface area contributed by atoms with E-state index in [9.17, 15) is 9.50 Å². The van der Waals surface area contributed by atoms with Crippen LogP contribution < -0.4 is 15.2 Å². The average molecular weight is 306 g/mol. The van der Waals surface area contributed by atoms with Crippen LogP contribution in [0.15, 0.2) is 10.5 Å². The highest BCUT2D eigenvalue weighted by Crippen LogP contribution is 2.41. The predicted octanol–water partition coefficient (Wildman–Crippen LogP) is 1.74. The molecule has 94 valence electrons. The van der Waals surface area contributed by atoms with E-state index in [-0.39, 0.29) is 22.3 Å². The van der Waals surface area contributed by atoms with E-state index in [1.807, 2.05) is 0 Å². The van der Waals surface area contributed by atoms with Gasteiger partial charge in [0.2, 0.25) is 0 Å². The van der Waals surface area contributed by atoms with Crippen molar-refractivity contribution >= 4 is 15.9 Å². The highest BCUT2D eigenvalue weighted by molar-refractivity contribution is 9.10. The van der Waals surface area contributed by atoms with Gasteiger partial charge < -0.3 is 20.3 Å². The molecule has 0 radical (unpaired) electrons. The second-order valence-electron chi connectivity index (χ2n) is 3.72. The van der Waals surface area contributed by atoms with E-state index in [1.54, 1.807) is 0 Å².